The molecule has 1 saturated heterocycles. The van der Waals surface area contributed by atoms with Crippen LogP contribution in [0.2, 0.25) is 13.1 Å². The molecule has 33 heavy (non-hydrogen) atoms. The maximum absolute atomic E-state index is 13.5. The Kier molecular flexibility index (Phi) is 6.49. The van der Waals surface area contributed by atoms with E-state index >= 15 is 0 Å². The van der Waals surface area contributed by atoms with Crippen molar-refractivity contribution in [3.05, 3.63) is 66.2 Å². The summed E-state index contributed by atoms with van der Waals surface area (Å²) in [5.41, 5.74) is 0.699. The molecule has 2 aromatic carbocycles. The van der Waals surface area contributed by atoms with Crippen molar-refractivity contribution in [3.8, 4) is 0 Å². The highest BCUT2D eigenvalue weighted by molar-refractivity contribution is 6.91. The van der Waals surface area contributed by atoms with Gasteiger partial charge in [-0.25, -0.2) is 4.79 Å². The SMILES string of the molecule is CC1(C)COC(C)(C)N1C(=O)O[C@@H]1CCC[C@H]1[C@@H](c1ccccc1)[Si](C)(C)c1ccccc1. The average Bonchev–Trinajstić information content (AvgIpc) is 3.29. The molecule has 5 heteroatoms. The predicted molar refractivity (Wildman–Crippen MR) is 136 cm³/mol. The van der Waals surface area contributed by atoms with Gasteiger partial charge in [-0.3, -0.25) is 4.90 Å². The molecule has 0 spiro atoms. The van der Waals surface area contributed by atoms with Gasteiger partial charge in [0.15, 0.2) is 0 Å². The van der Waals surface area contributed by atoms with E-state index in [1.54, 1.807) is 4.90 Å². The van der Waals surface area contributed by atoms with Gasteiger partial charge in [0.05, 0.1) is 20.2 Å². The minimum Gasteiger partial charge on any atom is -0.446 e. The van der Waals surface area contributed by atoms with E-state index in [0.29, 0.717) is 18.1 Å². The molecule has 178 valence electrons. The van der Waals surface area contributed by atoms with Gasteiger partial charge in [0.1, 0.15) is 11.8 Å². The van der Waals surface area contributed by atoms with Gasteiger partial charge in [-0.15, -0.1) is 0 Å². The number of nitrogens with zero attached hydrogens (tertiary/aromatic N) is 1. The van der Waals surface area contributed by atoms with Crippen LogP contribution in [0, 0.1) is 5.92 Å². The number of amides is 1. The zero-order valence-electron chi connectivity index (χ0n) is 21.0. The number of carbonyl (C=O) groups excluding carboxylic acids is 1. The molecule has 2 aliphatic rings. The van der Waals surface area contributed by atoms with Crippen LogP contribution in [0.15, 0.2) is 60.7 Å². The van der Waals surface area contributed by atoms with Crippen LogP contribution < -0.4 is 5.19 Å². The van der Waals surface area contributed by atoms with Crippen molar-refractivity contribution in [2.24, 2.45) is 5.92 Å². The Labute approximate surface area is 200 Å². The largest absolute Gasteiger partial charge is 0.446 e. The van der Waals surface area contributed by atoms with Crippen molar-refractivity contribution in [1.29, 1.82) is 0 Å². The predicted octanol–water partition coefficient (Wildman–Crippen LogP) is 6.08. The molecule has 1 aliphatic carbocycles. The van der Waals surface area contributed by atoms with Gasteiger partial charge in [-0.1, -0.05) is 78.9 Å². The molecule has 0 bridgehead atoms. The number of rotatable bonds is 5. The van der Waals surface area contributed by atoms with Gasteiger partial charge in [0, 0.05) is 5.92 Å². The van der Waals surface area contributed by atoms with Gasteiger partial charge < -0.3 is 9.47 Å². The molecule has 2 aromatic rings. The second-order valence-corrected chi connectivity index (χ2v) is 16.0. The maximum Gasteiger partial charge on any atom is 0.412 e. The maximum atomic E-state index is 13.5. The van der Waals surface area contributed by atoms with Crippen molar-refractivity contribution in [2.45, 2.75) is 83.0 Å². The summed E-state index contributed by atoms with van der Waals surface area (Å²) in [7, 11) is -1.93. The van der Waals surface area contributed by atoms with E-state index in [1.165, 1.54) is 10.8 Å². The Balaban J connectivity index is 1.66. The molecule has 0 aromatic heterocycles. The lowest BCUT2D eigenvalue weighted by atomic mass is 9.95. The Morgan fingerprint density at radius 2 is 1.61 bits per heavy atom. The summed E-state index contributed by atoms with van der Waals surface area (Å²) in [5, 5.41) is 1.45. The van der Waals surface area contributed by atoms with Crippen LogP contribution in [0.3, 0.4) is 0 Å². The zero-order valence-corrected chi connectivity index (χ0v) is 22.0. The summed E-state index contributed by atoms with van der Waals surface area (Å²) in [5.74, 6) is 0.313. The van der Waals surface area contributed by atoms with Crippen LogP contribution in [0.5, 0.6) is 0 Å². The van der Waals surface area contributed by atoms with Crippen LogP contribution in [-0.2, 0) is 9.47 Å². The van der Waals surface area contributed by atoms with Gasteiger partial charge in [-0.2, -0.15) is 0 Å². The highest BCUT2D eigenvalue weighted by atomic mass is 28.3. The molecule has 4 rings (SSSR count). The van der Waals surface area contributed by atoms with E-state index in [4.69, 9.17) is 9.47 Å². The fourth-order valence-electron chi connectivity index (χ4n) is 6.25. The highest BCUT2D eigenvalue weighted by Crippen LogP contribution is 2.45. The van der Waals surface area contributed by atoms with Crippen molar-refractivity contribution in [1.82, 2.24) is 4.90 Å². The van der Waals surface area contributed by atoms with Crippen LogP contribution in [-0.4, -0.2) is 43.0 Å². The summed E-state index contributed by atoms with van der Waals surface area (Å²) in [6, 6.07) is 21.8. The number of carbonyl (C=O) groups is 1. The molecule has 2 fully saturated rings. The number of hydrogen-bond donors (Lipinski definition) is 0. The van der Waals surface area contributed by atoms with E-state index in [9.17, 15) is 4.79 Å². The molecule has 4 nitrogen and oxygen atoms in total. The Morgan fingerprint density at radius 1 is 1.00 bits per heavy atom. The highest BCUT2D eigenvalue weighted by Gasteiger charge is 2.52. The number of hydrogen-bond acceptors (Lipinski definition) is 3. The molecular weight excluding hydrogens is 426 g/mol. The number of benzene rings is 2. The summed E-state index contributed by atoms with van der Waals surface area (Å²) < 4.78 is 12.3. The normalized spacial score (nSPS) is 25.1. The second-order valence-electron chi connectivity index (χ2n) is 11.4. The molecule has 1 aliphatic heterocycles. The first-order chi connectivity index (χ1) is 15.5. The Bertz CT molecular complexity index is 942. The average molecular weight is 466 g/mol. The van der Waals surface area contributed by atoms with E-state index in [0.717, 1.165) is 19.3 Å². The smallest absolute Gasteiger partial charge is 0.412 e. The lowest BCUT2D eigenvalue weighted by molar-refractivity contribution is -0.0614. The van der Waals surface area contributed by atoms with Crippen molar-refractivity contribution >= 4 is 19.4 Å². The lowest BCUT2D eigenvalue weighted by Gasteiger charge is -2.41. The van der Waals surface area contributed by atoms with Crippen LogP contribution in [0.25, 0.3) is 0 Å². The van der Waals surface area contributed by atoms with Gasteiger partial charge in [0.2, 0.25) is 0 Å². The summed E-state index contributed by atoms with van der Waals surface area (Å²) in [6.45, 7) is 13.5. The van der Waals surface area contributed by atoms with E-state index < -0.39 is 13.8 Å². The Morgan fingerprint density at radius 3 is 2.18 bits per heavy atom. The molecule has 0 unspecified atom stereocenters. The summed E-state index contributed by atoms with van der Waals surface area (Å²) >= 11 is 0. The molecule has 0 radical (unpaired) electrons. The first-order valence-electron chi connectivity index (χ1n) is 12.3. The van der Waals surface area contributed by atoms with Gasteiger partial charge in [-0.05, 0) is 58.1 Å². The minimum absolute atomic E-state index is 0.0783. The summed E-state index contributed by atoms with van der Waals surface area (Å²) in [4.78, 5) is 15.3. The molecule has 1 heterocycles. The third-order valence-electron chi connectivity index (χ3n) is 7.74. The molecular formula is C28H39NO3Si. The third kappa shape index (κ3) is 4.63. The fourth-order valence-corrected chi connectivity index (χ4v) is 10.1. The monoisotopic (exact) mass is 465 g/mol. The van der Waals surface area contributed by atoms with E-state index in [-0.39, 0.29) is 17.7 Å². The van der Waals surface area contributed by atoms with Gasteiger partial charge in [0.25, 0.3) is 0 Å². The molecule has 1 amide bonds. The quantitative estimate of drug-likeness (QED) is 0.503. The molecule has 1 saturated carbocycles. The van der Waals surface area contributed by atoms with Gasteiger partial charge >= 0.3 is 6.09 Å². The van der Waals surface area contributed by atoms with E-state index in [2.05, 4.69) is 73.8 Å². The minimum atomic E-state index is -1.93. The number of ether oxygens (including phenoxy) is 2. The Hall–Kier alpha value is -2.11. The first kappa shape index (κ1) is 24.0. The van der Waals surface area contributed by atoms with E-state index in [1.807, 2.05) is 27.7 Å². The van der Waals surface area contributed by atoms with Crippen LogP contribution in [0.4, 0.5) is 4.79 Å². The third-order valence-corrected chi connectivity index (χ3v) is 11.9. The zero-order chi connectivity index (χ0) is 23.9. The van der Waals surface area contributed by atoms with Crippen molar-refractivity contribution in [2.75, 3.05) is 6.61 Å². The topological polar surface area (TPSA) is 38.8 Å². The van der Waals surface area contributed by atoms with Crippen molar-refractivity contribution in [3.63, 3.8) is 0 Å². The second kappa shape index (κ2) is 8.92. The molecule has 3 atom stereocenters. The first-order valence-corrected chi connectivity index (χ1v) is 15.4. The summed E-state index contributed by atoms with van der Waals surface area (Å²) in [6.07, 6.45) is 2.78. The standard InChI is InChI=1S/C28H39NO3Si/c1-27(2)20-31-28(3,4)29(27)26(30)32-24-19-13-18-23(24)25(21-14-9-7-10-15-21)33(5,6)22-16-11-8-12-17-22/h7-12,14-17,23-25H,13,18-20H2,1-6H3/t23-,24-,25-/m1/s1. The fraction of sp³-hybridized carbons (Fsp3) is 0.536. The van der Waals surface area contributed by atoms with Crippen LogP contribution >= 0.6 is 0 Å². The van der Waals surface area contributed by atoms with Crippen LogP contribution in [0.1, 0.15) is 58.1 Å². The lowest BCUT2D eigenvalue weighted by Crippen LogP contribution is -2.55. The molecule has 0 N–H and O–H groups in total. The van der Waals surface area contributed by atoms with Crippen molar-refractivity contribution < 1.29 is 14.3 Å².